The molecule has 0 atom stereocenters. The van der Waals surface area contributed by atoms with E-state index in [9.17, 15) is 14.4 Å². The molecule has 6 heteroatoms. The highest BCUT2D eigenvalue weighted by Crippen LogP contribution is 2.18. The van der Waals surface area contributed by atoms with Gasteiger partial charge in [-0.3, -0.25) is 19.1 Å². The lowest BCUT2D eigenvalue weighted by Gasteiger charge is -2.16. The summed E-state index contributed by atoms with van der Waals surface area (Å²) in [5, 5.41) is 0. The van der Waals surface area contributed by atoms with E-state index < -0.39 is 11.2 Å². The number of hydrogen-bond acceptors (Lipinski definition) is 4. The molecule has 0 aliphatic carbocycles. The third-order valence-corrected chi connectivity index (χ3v) is 4.82. The van der Waals surface area contributed by atoms with Gasteiger partial charge in [-0.2, -0.15) is 0 Å². The zero-order valence-corrected chi connectivity index (χ0v) is 17.0. The number of aryl methyl sites for hydroxylation is 2. The molecule has 0 aliphatic heterocycles. The second-order valence-electron chi connectivity index (χ2n) is 7.08. The van der Waals surface area contributed by atoms with Crippen molar-refractivity contribution in [3.05, 3.63) is 96.8 Å². The molecule has 0 unspecified atom stereocenters. The quantitative estimate of drug-likeness (QED) is 0.654. The van der Waals surface area contributed by atoms with Crippen molar-refractivity contribution in [3.63, 3.8) is 0 Å². The van der Waals surface area contributed by atoms with Gasteiger partial charge in [0.25, 0.3) is 5.56 Å². The van der Waals surface area contributed by atoms with Crippen LogP contribution >= 0.6 is 0 Å². The van der Waals surface area contributed by atoms with Gasteiger partial charge in [0.2, 0.25) is 5.78 Å². The number of nitrogens with zero attached hydrogens (tertiary/aromatic N) is 1. The van der Waals surface area contributed by atoms with Crippen LogP contribution in [0.15, 0.2) is 52.1 Å². The highest BCUT2D eigenvalue weighted by atomic mass is 16.5. The largest absolute Gasteiger partial charge is 0.497 e. The number of methoxy groups -OCH3 is 1. The van der Waals surface area contributed by atoms with E-state index in [1.165, 1.54) is 4.57 Å². The van der Waals surface area contributed by atoms with Crippen LogP contribution in [0.2, 0.25) is 0 Å². The smallest absolute Gasteiger partial charge is 0.329 e. The van der Waals surface area contributed by atoms with Crippen molar-refractivity contribution in [1.82, 2.24) is 9.55 Å². The minimum atomic E-state index is -0.609. The number of ether oxygens (including phenoxy) is 1. The van der Waals surface area contributed by atoms with Crippen molar-refractivity contribution in [2.45, 2.75) is 33.7 Å². The van der Waals surface area contributed by atoms with Gasteiger partial charge in [0.1, 0.15) is 11.4 Å². The number of H-pyrrole nitrogens is 1. The maximum atomic E-state index is 13.4. The number of aromatic amines is 1. The van der Waals surface area contributed by atoms with Crippen LogP contribution in [0.3, 0.4) is 0 Å². The maximum absolute atomic E-state index is 13.4. The predicted molar refractivity (Wildman–Crippen MR) is 112 cm³/mol. The van der Waals surface area contributed by atoms with Crippen molar-refractivity contribution < 1.29 is 9.53 Å². The molecule has 0 saturated carbocycles. The SMILES string of the molecule is CCc1c(C(=O)c2cc(C)cc(C)c2)n(Cc2cccc(OC)c2)c(=O)[nH]c1=O. The topological polar surface area (TPSA) is 81.2 Å². The average Bonchev–Trinajstić information content (AvgIpc) is 2.68. The first-order chi connectivity index (χ1) is 13.8. The summed E-state index contributed by atoms with van der Waals surface area (Å²) in [5.41, 5.74) is 2.44. The van der Waals surface area contributed by atoms with Crippen LogP contribution in [0.25, 0.3) is 0 Å². The summed E-state index contributed by atoms with van der Waals surface area (Å²) >= 11 is 0. The summed E-state index contributed by atoms with van der Waals surface area (Å²) in [6.45, 7) is 5.76. The van der Waals surface area contributed by atoms with Gasteiger partial charge in [-0.15, -0.1) is 0 Å². The number of ketones is 1. The Kier molecular flexibility index (Phi) is 5.82. The molecule has 29 heavy (non-hydrogen) atoms. The fourth-order valence-electron chi connectivity index (χ4n) is 3.55. The Bertz CT molecular complexity index is 1170. The Morgan fingerprint density at radius 2 is 1.76 bits per heavy atom. The number of nitrogens with one attached hydrogen (secondary N) is 1. The molecule has 3 aromatic rings. The molecule has 0 radical (unpaired) electrons. The normalized spacial score (nSPS) is 10.8. The molecule has 0 aliphatic rings. The van der Waals surface area contributed by atoms with Gasteiger partial charge >= 0.3 is 5.69 Å². The second-order valence-corrected chi connectivity index (χ2v) is 7.08. The highest BCUT2D eigenvalue weighted by Gasteiger charge is 2.22. The van der Waals surface area contributed by atoms with E-state index in [1.807, 2.05) is 32.0 Å². The summed E-state index contributed by atoms with van der Waals surface area (Å²) in [6, 6.07) is 12.8. The minimum Gasteiger partial charge on any atom is -0.497 e. The molecule has 1 N–H and O–H groups in total. The molecule has 3 rings (SSSR count). The van der Waals surface area contributed by atoms with Gasteiger partial charge < -0.3 is 4.74 Å². The first-order valence-electron chi connectivity index (χ1n) is 9.46. The molecule has 0 spiro atoms. The minimum absolute atomic E-state index is 0.133. The summed E-state index contributed by atoms with van der Waals surface area (Å²) in [6.07, 6.45) is 0.333. The Hall–Kier alpha value is -3.41. The molecule has 0 fully saturated rings. The van der Waals surface area contributed by atoms with Crippen molar-refractivity contribution in [2.75, 3.05) is 7.11 Å². The number of aromatic nitrogens is 2. The van der Waals surface area contributed by atoms with Gasteiger partial charge in [0.15, 0.2) is 0 Å². The summed E-state index contributed by atoms with van der Waals surface area (Å²) < 4.78 is 6.59. The number of rotatable bonds is 6. The van der Waals surface area contributed by atoms with Crippen LogP contribution in [0.1, 0.15) is 45.2 Å². The van der Waals surface area contributed by atoms with Crippen molar-refractivity contribution >= 4 is 5.78 Å². The standard InChI is InChI=1S/C23H24N2O4/c1-5-19-20(21(26)17-10-14(2)9-15(3)11-17)25(23(28)24-22(19)27)13-16-7-6-8-18(12-16)29-4/h6-12H,5,13H2,1-4H3,(H,24,27,28). The number of hydrogen-bond donors (Lipinski definition) is 1. The van der Waals surface area contributed by atoms with Gasteiger partial charge in [-0.05, 0) is 50.1 Å². The molecule has 1 aromatic heterocycles. The van der Waals surface area contributed by atoms with Crippen molar-refractivity contribution in [3.8, 4) is 5.75 Å². The summed E-state index contributed by atoms with van der Waals surface area (Å²) in [7, 11) is 1.56. The van der Waals surface area contributed by atoms with Gasteiger partial charge in [0, 0.05) is 11.1 Å². The van der Waals surface area contributed by atoms with Crippen LogP contribution in [-0.4, -0.2) is 22.4 Å². The number of carbonyl (C=O) groups is 1. The monoisotopic (exact) mass is 392 g/mol. The average molecular weight is 392 g/mol. The Balaban J connectivity index is 2.22. The second kappa shape index (κ2) is 8.31. The van der Waals surface area contributed by atoms with Crippen molar-refractivity contribution in [1.29, 1.82) is 0 Å². The summed E-state index contributed by atoms with van der Waals surface area (Å²) in [5.74, 6) is 0.317. The van der Waals surface area contributed by atoms with Gasteiger partial charge in [-0.25, -0.2) is 4.79 Å². The number of carbonyl (C=O) groups excluding carboxylic acids is 1. The highest BCUT2D eigenvalue weighted by molar-refractivity contribution is 6.09. The molecular weight excluding hydrogens is 368 g/mol. The zero-order valence-electron chi connectivity index (χ0n) is 17.0. The summed E-state index contributed by atoms with van der Waals surface area (Å²) in [4.78, 5) is 40.9. The van der Waals surface area contributed by atoms with E-state index >= 15 is 0 Å². The molecule has 150 valence electrons. The lowest BCUT2D eigenvalue weighted by Crippen LogP contribution is -2.37. The maximum Gasteiger partial charge on any atom is 0.329 e. The van der Waals surface area contributed by atoms with Gasteiger partial charge in [0.05, 0.1) is 13.7 Å². The fourth-order valence-corrected chi connectivity index (χ4v) is 3.55. The Morgan fingerprint density at radius 1 is 1.07 bits per heavy atom. The van der Waals surface area contributed by atoms with E-state index in [1.54, 1.807) is 38.3 Å². The van der Waals surface area contributed by atoms with Gasteiger partial charge in [-0.1, -0.05) is 36.2 Å². The van der Waals surface area contributed by atoms with E-state index in [0.717, 1.165) is 16.7 Å². The van der Waals surface area contributed by atoms with Crippen molar-refractivity contribution in [2.24, 2.45) is 0 Å². The first kappa shape index (κ1) is 20.3. The molecule has 2 aromatic carbocycles. The zero-order chi connectivity index (χ0) is 21.1. The van der Waals surface area contributed by atoms with Crippen LogP contribution in [0.4, 0.5) is 0 Å². The van der Waals surface area contributed by atoms with Crippen LogP contribution in [0, 0.1) is 13.8 Å². The van der Waals surface area contributed by atoms with E-state index in [2.05, 4.69) is 4.98 Å². The van der Waals surface area contributed by atoms with Crippen LogP contribution in [0.5, 0.6) is 5.75 Å². The first-order valence-corrected chi connectivity index (χ1v) is 9.46. The molecule has 0 saturated heterocycles. The Morgan fingerprint density at radius 3 is 2.38 bits per heavy atom. The van der Waals surface area contributed by atoms with Crippen LogP contribution < -0.4 is 16.0 Å². The lowest BCUT2D eigenvalue weighted by molar-refractivity contribution is 0.102. The fraction of sp³-hybridized carbons (Fsp3) is 0.261. The lowest BCUT2D eigenvalue weighted by atomic mass is 9.99. The predicted octanol–water partition coefficient (Wildman–Crippen LogP) is 3.00. The third-order valence-electron chi connectivity index (χ3n) is 4.82. The molecule has 1 heterocycles. The third kappa shape index (κ3) is 4.21. The molecule has 0 amide bonds. The van der Waals surface area contributed by atoms with Crippen LogP contribution in [-0.2, 0) is 13.0 Å². The molecule has 0 bridgehead atoms. The molecule has 6 nitrogen and oxygen atoms in total. The number of benzene rings is 2. The van der Waals surface area contributed by atoms with E-state index in [0.29, 0.717) is 23.3 Å². The molecular formula is C23H24N2O4. The van der Waals surface area contributed by atoms with E-state index in [4.69, 9.17) is 4.74 Å². The van der Waals surface area contributed by atoms with E-state index in [-0.39, 0.29) is 18.0 Å². The Labute approximate surface area is 168 Å².